The van der Waals surface area contributed by atoms with Crippen molar-refractivity contribution in [3.63, 3.8) is 0 Å². The Morgan fingerprint density at radius 1 is 1.10 bits per heavy atom. The minimum absolute atomic E-state index is 0.0297. The lowest BCUT2D eigenvalue weighted by atomic mass is 10.1. The zero-order valence-electron chi connectivity index (χ0n) is 15.7. The number of allylic oxidation sites excluding steroid dienone is 1. The van der Waals surface area contributed by atoms with Crippen molar-refractivity contribution in [3.8, 4) is 6.07 Å². The number of hydrogen-bond donors (Lipinski definition) is 0. The first-order valence-corrected chi connectivity index (χ1v) is 12.6. The molecule has 3 aromatic rings. The molecule has 154 valence electrons. The average Bonchev–Trinajstić information content (AvgIpc) is 3.44. The van der Waals surface area contributed by atoms with E-state index in [0.29, 0.717) is 16.4 Å². The molecule has 0 aliphatic heterocycles. The summed E-state index contributed by atoms with van der Waals surface area (Å²) in [5.74, 6) is -0.535. The van der Waals surface area contributed by atoms with Crippen LogP contribution in [0.25, 0.3) is 0 Å². The summed E-state index contributed by atoms with van der Waals surface area (Å²) >= 11 is 8.62. The predicted molar refractivity (Wildman–Crippen MR) is 121 cm³/mol. The third-order valence-electron chi connectivity index (χ3n) is 4.18. The second kappa shape index (κ2) is 10.0. The van der Waals surface area contributed by atoms with Gasteiger partial charge in [0.2, 0.25) is 5.78 Å². The minimum Gasteiger partial charge on any atom is -0.370 e. The van der Waals surface area contributed by atoms with Crippen molar-refractivity contribution in [2.75, 3.05) is 12.3 Å². The second-order valence-electron chi connectivity index (χ2n) is 6.28. The fraction of sp³-hybridized carbons (Fsp3) is 0.143. The molecule has 9 heteroatoms. The van der Waals surface area contributed by atoms with Crippen molar-refractivity contribution >= 4 is 49.9 Å². The first-order chi connectivity index (χ1) is 14.4. The number of hydrogen-bond acceptors (Lipinski definition) is 7. The predicted octanol–water partition coefficient (Wildman–Crippen LogP) is 5.03. The Morgan fingerprint density at radius 3 is 2.40 bits per heavy atom. The number of nitrogens with zero attached hydrogens (tertiary/aromatic N) is 2. The number of carbonyl (C=O) groups is 1. The van der Waals surface area contributed by atoms with Crippen LogP contribution >= 0.6 is 34.3 Å². The van der Waals surface area contributed by atoms with Gasteiger partial charge in [-0.2, -0.15) is 5.26 Å². The van der Waals surface area contributed by atoms with Crippen LogP contribution in [0.2, 0.25) is 5.02 Å². The lowest BCUT2D eigenvalue weighted by Crippen LogP contribution is -2.25. The van der Waals surface area contributed by atoms with Gasteiger partial charge in [0.15, 0.2) is 9.84 Å². The Morgan fingerprint density at radius 2 is 1.80 bits per heavy atom. The number of rotatable bonds is 9. The summed E-state index contributed by atoms with van der Waals surface area (Å²) in [4.78, 5) is 15.9. The van der Waals surface area contributed by atoms with Gasteiger partial charge in [0.05, 0.1) is 22.1 Å². The van der Waals surface area contributed by atoms with Crippen molar-refractivity contribution in [2.24, 2.45) is 0 Å². The highest BCUT2D eigenvalue weighted by atomic mass is 35.5. The molecule has 0 atom stereocenters. The molecule has 0 saturated carbocycles. The van der Waals surface area contributed by atoms with E-state index >= 15 is 0 Å². The van der Waals surface area contributed by atoms with Crippen molar-refractivity contribution in [1.29, 1.82) is 5.26 Å². The number of sulfone groups is 1. The highest BCUT2D eigenvalue weighted by Crippen LogP contribution is 2.19. The van der Waals surface area contributed by atoms with Gasteiger partial charge >= 0.3 is 0 Å². The van der Waals surface area contributed by atoms with E-state index in [0.717, 1.165) is 4.88 Å². The summed E-state index contributed by atoms with van der Waals surface area (Å²) in [5.41, 5.74) is -0.0297. The summed E-state index contributed by atoms with van der Waals surface area (Å²) in [5, 5.41) is 13.7. The van der Waals surface area contributed by atoms with E-state index in [1.54, 1.807) is 22.4 Å². The van der Waals surface area contributed by atoms with E-state index in [-0.39, 0.29) is 28.5 Å². The molecule has 0 saturated heterocycles. The first-order valence-electron chi connectivity index (χ1n) is 8.84. The Labute approximate surface area is 188 Å². The lowest BCUT2D eigenvalue weighted by Gasteiger charge is -2.20. The molecule has 0 bridgehead atoms. The zero-order valence-corrected chi connectivity index (χ0v) is 18.9. The fourth-order valence-corrected chi connectivity index (χ4v) is 5.45. The number of thiophene rings is 2. The number of benzene rings is 1. The minimum atomic E-state index is -3.55. The molecule has 0 N–H and O–H groups in total. The van der Waals surface area contributed by atoms with Gasteiger partial charge in [-0.3, -0.25) is 4.79 Å². The van der Waals surface area contributed by atoms with E-state index in [1.807, 2.05) is 23.6 Å². The third-order valence-corrected chi connectivity index (χ3v) is 7.87. The molecule has 0 amide bonds. The highest BCUT2D eigenvalue weighted by molar-refractivity contribution is 7.91. The Kier molecular flexibility index (Phi) is 7.45. The Balaban J connectivity index is 1.82. The van der Waals surface area contributed by atoms with Crippen LogP contribution in [0.5, 0.6) is 0 Å². The van der Waals surface area contributed by atoms with E-state index in [4.69, 9.17) is 11.6 Å². The van der Waals surface area contributed by atoms with E-state index in [1.165, 1.54) is 53.1 Å². The largest absolute Gasteiger partial charge is 0.370 e. The number of carbonyl (C=O) groups excluding carboxylic acids is 1. The van der Waals surface area contributed by atoms with Crippen LogP contribution in [0.3, 0.4) is 0 Å². The SMILES string of the molecule is N#C/C(=C\N(CCS(=O)(=O)c1ccc(Cl)cc1)Cc1cccs1)C(=O)c1cccs1. The number of nitriles is 1. The molecule has 0 aliphatic rings. The van der Waals surface area contributed by atoms with Gasteiger partial charge in [-0.1, -0.05) is 23.7 Å². The van der Waals surface area contributed by atoms with Gasteiger partial charge in [-0.25, -0.2) is 8.42 Å². The van der Waals surface area contributed by atoms with Gasteiger partial charge in [-0.15, -0.1) is 22.7 Å². The van der Waals surface area contributed by atoms with Crippen LogP contribution in [0.15, 0.2) is 76.0 Å². The van der Waals surface area contributed by atoms with Gasteiger partial charge in [0, 0.05) is 22.6 Å². The molecular formula is C21H17ClN2O3S3. The van der Waals surface area contributed by atoms with Crippen molar-refractivity contribution in [3.05, 3.63) is 85.8 Å². The Bertz CT molecular complexity index is 1160. The second-order valence-corrected chi connectivity index (χ2v) is 10.8. The van der Waals surface area contributed by atoms with E-state index in [2.05, 4.69) is 0 Å². The molecule has 1 aromatic carbocycles. The van der Waals surface area contributed by atoms with Crippen LogP contribution in [-0.4, -0.2) is 31.4 Å². The summed E-state index contributed by atoms with van der Waals surface area (Å²) in [7, 11) is -3.55. The van der Waals surface area contributed by atoms with E-state index < -0.39 is 9.84 Å². The molecule has 2 aromatic heterocycles. The van der Waals surface area contributed by atoms with E-state index in [9.17, 15) is 18.5 Å². The fourth-order valence-electron chi connectivity index (χ4n) is 2.65. The number of ketones is 1. The van der Waals surface area contributed by atoms with Crippen molar-refractivity contribution in [1.82, 2.24) is 4.90 Å². The summed E-state index contributed by atoms with van der Waals surface area (Å²) in [6, 6.07) is 15.2. The standard InChI is InChI=1S/C21H17ClN2O3S3/c22-17-5-7-19(8-6-17)30(26,27)12-9-24(15-18-3-1-10-28-18)14-16(13-23)21(25)20-4-2-11-29-20/h1-8,10-11,14H,9,12,15H2/b16-14+. The first kappa shape index (κ1) is 22.2. The van der Waals surface area contributed by atoms with Gasteiger partial charge in [-0.05, 0) is 47.2 Å². The van der Waals surface area contributed by atoms with Gasteiger partial charge in [0.25, 0.3) is 0 Å². The molecule has 5 nitrogen and oxygen atoms in total. The molecular weight excluding hydrogens is 460 g/mol. The van der Waals surface area contributed by atoms with Gasteiger partial charge < -0.3 is 4.90 Å². The van der Waals surface area contributed by atoms with Crippen LogP contribution in [0.4, 0.5) is 0 Å². The smallest absolute Gasteiger partial charge is 0.214 e. The topological polar surface area (TPSA) is 78.2 Å². The summed E-state index contributed by atoms with van der Waals surface area (Å²) in [6.07, 6.45) is 1.46. The van der Waals surface area contributed by atoms with Crippen LogP contribution < -0.4 is 0 Å². The molecule has 0 unspecified atom stereocenters. The van der Waals surface area contributed by atoms with Crippen LogP contribution in [-0.2, 0) is 16.4 Å². The van der Waals surface area contributed by atoms with Crippen LogP contribution in [0, 0.1) is 11.3 Å². The highest BCUT2D eigenvalue weighted by Gasteiger charge is 2.19. The molecule has 3 rings (SSSR count). The molecule has 0 radical (unpaired) electrons. The van der Waals surface area contributed by atoms with Crippen molar-refractivity contribution in [2.45, 2.75) is 11.4 Å². The maximum absolute atomic E-state index is 12.7. The quantitative estimate of drug-likeness (QED) is 0.246. The summed E-state index contributed by atoms with van der Waals surface area (Å²) in [6.45, 7) is 0.530. The summed E-state index contributed by atoms with van der Waals surface area (Å²) < 4.78 is 25.4. The molecule has 30 heavy (non-hydrogen) atoms. The number of halogens is 1. The molecule has 2 heterocycles. The molecule has 0 fully saturated rings. The maximum Gasteiger partial charge on any atom is 0.214 e. The Hall–Kier alpha value is -2.44. The maximum atomic E-state index is 12.7. The average molecular weight is 477 g/mol. The molecule has 0 spiro atoms. The monoisotopic (exact) mass is 476 g/mol. The lowest BCUT2D eigenvalue weighted by molar-refractivity contribution is 0.104. The zero-order chi connectivity index (χ0) is 21.6. The van der Waals surface area contributed by atoms with Crippen molar-refractivity contribution < 1.29 is 13.2 Å². The molecule has 0 aliphatic carbocycles. The third kappa shape index (κ3) is 5.80. The van der Waals surface area contributed by atoms with Gasteiger partial charge in [0.1, 0.15) is 11.6 Å². The normalized spacial score (nSPS) is 11.8. The van der Waals surface area contributed by atoms with Crippen LogP contribution in [0.1, 0.15) is 14.5 Å². The number of Topliss-reactive ketones (excluding diaryl/α,β-unsaturated/α-hetero) is 1.